The van der Waals surface area contributed by atoms with Gasteiger partial charge < -0.3 is 9.84 Å². The van der Waals surface area contributed by atoms with Crippen LogP contribution in [0.1, 0.15) is 35.1 Å². The van der Waals surface area contributed by atoms with Crippen LogP contribution in [0.4, 0.5) is 4.39 Å². The monoisotopic (exact) mass is 264 g/mol. The molecule has 1 aromatic rings. The van der Waals surface area contributed by atoms with E-state index in [-0.39, 0.29) is 18.1 Å². The topological polar surface area (TPSA) is 64.4 Å². The highest BCUT2D eigenvalue weighted by atomic mass is 19.1. The molecule has 19 heavy (non-hydrogen) atoms. The number of aryl methyl sites for hydroxylation is 1. The number of hydrogen-bond donors (Lipinski definition) is 1. The molecule has 0 fully saturated rings. The predicted octanol–water partition coefficient (Wildman–Crippen LogP) is 2.05. The highest BCUT2D eigenvalue weighted by Gasteiger charge is 2.41. The van der Waals surface area contributed by atoms with Crippen molar-refractivity contribution < 1.29 is 19.0 Å². The third-order valence-corrected chi connectivity index (χ3v) is 3.68. The lowest BCUT2D eigenvalue weighted by Crippen LogP contribution is -2.36. The van der Waals surface area contributed by atoms with Gasteiger partial charge in [-0.15, -0.1) is 0 Å². The zero-order valence-electron chi connectivity index (χ0n) is 10.6. The minimum absolute atomic E-state index is 0.0320. The number of nitrogens with zero attached hydrogens (tertiary/aromatic N) is 2. The van der Waals surface area contributed by atoms with E-state index in [0.717, 1.165) is 0 Å². The normalized spacial score (nSPS) is 25.2. The van der Waals surface area contributed by atoms with Gasteiger partial charge in [0.1, 0.15) is 5.83 Å². The van der Waals surface area contributed by atoms with E-state index >= 15 is 0 Å². The highest BCUT2D eigenvalue weighted by Crippen LogP contribution is 2.44. The van der Waals surface area contributed by atoms with E-state index in [1.165, 1.54) is 16.8 Å². The fourth-order valence-electron chi connectivity index (χ4n) is 2.65. The van der Waals surface area contributed by atoms with Gasteiger partial charge in [-0.05, 0) is 19.1 Å². The first kappa shape index (κ1) is 12.1. The molecule has 1 atom stereocenters. The molecule has 1 aliphatic heterocycles. The van der Waals surface area contributed by atoms with Crippen LogP contribution >= 0.6 is 0 Å². The number of carboxylic acid groups (broad SMARTS) is 1. The standard InChI is InChI=1S/C13H13FN2O3/c1-13-4-3-7(14)5-9(13)11-8(6-19-13)10(12(17)18)15-16(11)2/h3,5H,4,6H2,1-2H3,(H,17,18). The van der Waals surface area contributed by atoms with Crippen LogP contribution in [0.3, 0.4) is 0 Å². The SMILES string of the molecule is Cn1nc(C(=O)O)c2c1C1=CC(F)=CCC1(C)OC2. The van der Waals surface area contributed by atoms with Crippen molar-refractivity contribution in [3.8, 4) is 0 Å². The molecule has 0 bridgehead atoms. The fourth-order valence-corrected chi connectivity index (χ4v) is 2.65. The molecule has 2 aliphatic rings. The molecule has 0 aromatic carbocycles. The van der Waals surface area contributed by atoms with Crippen LogP contribution in [0.5, 0.6) is 0 Å². The van der Waals surface area contributed by atoms with Crippen molar-refractivity contribution in [2.45, 2.75) is 25.6 Å². The number of carboxylic acids is 1. The Hall–Kier alpha value is -1.95. The maximum atomic E-state index is 13.5. The summed E-state index contributed by atoms with van der Waals surface area (Å²) in [7, 11) is 1.66. The molecule has 1 N–H and O–H groups in total. The van der Waals surface area contributed by atoms with Crippen LogP contribution in [0.15, 0.2) is 18.0 Å². The average molecular weight is 264 g/mol. The van der Waals surface area contributed by atoms with Gasteiger partial charge in [0, 0.05) is 24.6 Å². The summed E-state index contributed by atoms with van der Waals surface area (Å²) in [5.41, 5.74) is 1.15. The first-order valence-corrected chi connectivity index (χ1v) is 5.94. The summed E-state index contributed by atoms with van der Waals surface area (Å²) in [5, 5.41) is 13.1. The molecule has 0 saturated heterocycles. The number of allylic oxidation sites excluding steroid dienone is 2. The second-order valence-electron chi connectivity index (χ2n) is 4.98. The van der Waals surface area contributed by atoms with E-state index in [1.54, 1.807) is 7.05 Å². The van der Waals surface area contributed by atoms with Gasteiger partial charge in [0.25, 0.3) is 0 Å². The fraction of sp³-hybridized carbons (Fsp3) is 0.385. The van der Waals surface area contributed by atoms with Crippen molar-refractivity contribution in [3.63, 3.8) is 0 Å². The number of ether oxygens (including phenoxy) is 1. The Balaban J connectivity index is 2.24. The molecule has 0 radical (unpaired) electrons. The van der Waals surface area contributed by atoms with Gasteiger partial charge in [0.15, 0.2) is 5.69 Å². The Labute approximate surface area is 109 Å². The number of fused-ring (bicyclic) bond motifs is 3. The number of halogens is 1. The van der Waals surface area contributed by atoms with E-state index in [1.807, 2.05) is 6.92 Å². The number of rotatable bonds is 1. The molecule has 0 spiro atoms. The zero-order valence-corrected chi connectivity index (χ0v) is 10.6. The van der Waals surface area contributed by atoms with E-state index in [9.17, 15) is 9.18 Å². The summed E-state index contributed by atoms with van der Waals surface area (Å²) in [6.45, 7) is 2.05. The van der Waals surface area contributed by atoms with Crippen molar-refractivity contribution in [2.24, 2.45) is 7.05 Å². The van der Waals surface area contributed by atoms with Crippen molar-refractivity contribution in [1.29, 1.82) is 0 Å². The summed E-state index contributed by atoms with van der Waals surface area (Å²) in [5.74, 6) is -1.43. The second-order valence-corrected chi connectivity index (χ2v) is 4.98. The summed E-state index contributed by atoms with van der Waals surface area (Å²) in [6.07, 6.45) is 3.30. The summed E-state index contributed by atoms with van der Waals surface area (Å²) >= 11 is 0. The van der Waals surface area contributed by atoms with Gasteiger partial charge in [-0.3, -0.25) is 4.68 Å². The zero-order chi connectivity index (χ0) is 13.8. The lowest BCUT2D eigenvalue weighted by atomic mass is 9.82. The highest BCUT2D eigenvalue weighted by molar-refractivity contribution is 5.90. The van der Waals surface area contributed by atoms with Crippen molar-refractivity contribution in [1.82, 2.24) is 9.78 Å². The first-order valence-electron chi connectivity index (χ1n) is 5.94. The molecule has 1 unspecified atom stereocenters. The summed E-state index contributed by atoms with van der Waals surface area (Å²) in [4.78, 5) is 11.2. The number of aromatic carboxylic acids is 1. The predicted molar refractivity (Wildman–Crippen MR) is 65.1 cm³/mol. The Bertz CT molecular complexity index is 645. The van der Waals surface area contributed by atoms with Crippen LogP contribution < -0.4 is 0 Å². The van der Waals surface area contributed by atoms with Crippen molar-refractivity contribution in [3.05, 3.63) is 34.9 Å². The van der Waals surface area contributed by atoms with Crippen LogP contribution in [0.25, 0.3) is 5.57 Å². The maximum Gasteiger partial charge on any atom is 0.356 e. The van der Waals surface area contributed by atoms with Gasteiger partial charge in [-0.25, -0.2) is 9.18 Å². The summed E-state index contributed by atoms with van der Waals surface area (Å²) < 4.78 is 20.7. The molecule has 1 aliphatic carbocycles. The van der Waals surface area contributed by atoms with Gasteiger partial charge in [0.05, 0.1) is 17.9 Å². The van der Waals surface area contributed by atoms with Crippen LogP contribution in [-0.4, -0.2) is 26.5 Å². The summed E-state index contributed by atoms with van der Waals surface area (Å²) in [6, 6.07) is 0. The van der Waals surface area contributed by atoms with Crippen LogP contribution in [0.2, 0.25) is 0 Å². The molecule has 2 heterocycles. The minimum atomic E-state index is -1.10. The van der Waals surface area contributed by atoms with Crippen molar-refractivity contribution >= 4 is 11.5 Å². The Morgan fingerprint density at radius 3 is 3.05 bits per heavy atom. The van der Waals surface area contributed by atoms with Gasteiger partial charge in [-0.2, -0.15) is 5.10 Å². The van der Waals surface area contributed by atoms with Crippen LogP contribution in [-0.2, 0) is 18.4 Å². The molecule has 100 valence electrons. The third kappa shape index (κ3) is 1.63. The smallest absolute Gasteiger partial charge is 0.356 e. The Morgan fingerprint density at radius 1 is 1.63 bits per heavy atom. The van der Waals surface area contributed by atoms with Gasteiger partial charge in [-0.1, -0.05) is 0 Å². The largest absolute Gasteiger partial charge is 0.476 e. The molecule has 1 aromatic heterocycles. The number of hydrogen-bond acceptors (Lipinski definition) is 3. The van der Waals surface area contributed by atoms with Crippen molar-refractivity contribution in [2.75, 3.05) is 0 Å². The lowest BCUT2D eigenvalue weighted by molar-refractivity contribution is -0.00579. The quantitative estimate of drug-likeness (QED) is 0.843. The van der Waals surface area contributed by atoms with Gasteiger partial charge >= 0.3 is 5.97 Å². The van der Waals surface area contributed by atoms with E-state index in [0.29, 0.717) is 23.3 Å². The molecule has 6 heteroatoms. The lowest BCUT2D eigenvalue weighted by Gasteiger charge is -2.37. The Morgan fingerprint density at radius 2 is 2.37 bits per heavy atom. The molecular weight excluding hydrogens is 251 g/mol. The molecule has 0 amide bonds. The molecule has 3 rings (SSSR count). The molecule has 0 saturated carbocycles. The number of aromatic nitrogens is 2. The van der Waals surface area contributed by atoms with Crippen LogP contribution in [0, 0.1) is 0 Å². The van der Waals surface area contributed by atoms with E-state index in [2.05, 4.69) is 5.10 Å². The van der Waals surface area contributed by atoms with Gasteiger partial charge in [0.2, 0.25) is 0 Å². The average Bonchev–Trinajstić information content (AvgIpc) is 2.68. The third-order valence-electron chi connectivity index (χ3n) is 3.68. The molecular formula is C13H13FN2O3. The molecule has 5 nitrogen and oxygen atoms in total. The number of carbonyl (C=O) groups is 1. The minimum Gasteiger partial charge on any atom is -0.476 e. The van der Waals surface area contributed by atoms with E-state index < -0.39 is 11.6 Å². The Kier molecular flexibility index (Phi) is 2.40. The first-order chi connectivity index (χ1) is 8.92. The maximum absolute atomic E-state index is 13.5. The van der Waals surface area contributed by atoms with E-state index in [4.69, 9.17) is 9.84 Å². The second kappa shape index (κ2) is 3.77.